The topological polar surface area (TPSA) is 29.4 Å². The zero-order chi connectivity index (χ0) is 8.91. The molecule has 3 heteroatoms. The first-order valence-corrected chi connectivity index (χ1v) is 4.16. The highest BCUT2D eigenvalue weighted by molar-refractivity contribution is 9.10. The molecule has 0 aromatic carbocycles. The van der Waals surface area contributed by atoms with Crippen LogP contribution in [0.3, 0.4) is 0 Å². The molecule has 0 aliphatic rings. The molecule has 0 bridgehead atoms. The Morgan fingerprint density at radius 2 is 2.18 bits per heavy atom. The number of nitrogens with zero attached hydrogens (tertiary/aromatic N) is 1. The van der Waals surface area contributed by atoms with Crippen LogP contribution in [0.5, 0.6) is 0 Å². The molecule has 1 atom stereocenters. The lowest BCUT2D eigenvalue weighted by atomic mass is 10.2. The average Bonchev–Trinajstić information content (AvgIpc) is 2.00. The number of alkyl halides is 1. The molecule has 0 N–H and O–H groups in total. The van der Waals surface area contributed by atoms with E-state index in [0.29, 0.717) is 0 Å². The van der Waals surface area contributed by atoms with Crippen molar-refractivity contribution in [3.05, 3.63) is 28.7 Å². The number of nitroso groups, excluding NO2 is 1. The van der Waals surface area contributed by atoms with Crippen molar-refractivity contribution in [3.8, 4) is 0 Å². The van der Waals surface area contributed by atoms with Crippen LogP contribution < -0.4 is 0 Å². The second kappa shape index (κ2) is 4.44. The van der Waals surface area contributed by atoms with Crippen LogP contribution in [0.4, 0.5) is 0 Å². The number of hydrogen-bond acceptors (Lipinski definition) is 2. The van der Waals surface area contributed by atoms with Gasteiger partial charge in [0, 0.05) is 0 Å². The Kier molecular flexibility index (Phi) is 4.26. The third-order valence-corrected chi connectivity index (χ3v) is 1.69. The lowest BCUT2D eigenvalue weighted by Gasteiger charge is -2.04. The van der Waals surface area contributed by atoms with Crippen molar-refractivity contribution >= 4 is 15.9 Å². The van der Waals surface area contributed by atoms with E-state index in [-0.39, 0.29) is 0 Å². The van der Waals surface area contributed by atoms with Crippen LogP contribution in [0.15, 0.2) is 29.0 Å². The Labute approximate surface area is 75.5 Å². The molecule has 0 rings (SSSR count). The normalized spacial score (nSPS) is 18.4. The summed E-state index contributed by atoms with van der Waals surface area (Å²) in [7, 11) is 0. The molecule has 0 amide bonds. The molecule has 2 nitrogen and oxygen atoms in total. The van der Waals surface area contributed by atoms with Gasteiger partial charge in [-0.25, -0.2) is 0 Å². The Hall–Kier alpha value is -0.440. The standard InChI is InChI=1S/C8H12BrNO/c1-4-7(2)5-6-8(3,9)10-11/h4-6H,1-3H3/b6-5-,7-4-. The molecule has 62 valence electrons. The minimum absolute atomic E-state index is 0.767. The summed E-state index contributed by atoms with van der Waals surface area (Å²) in [6, 6.07) is 0. The maximum absolute atomic E-state index is 10.2. The quantitative estimate of drug-likeness (QED) is 0.309. The summed E-state index contributed by atoms with van der Waals surface area (Å²) in [5, 5.41) is 2.88. The monoisotopic (exact) mass is 217 g/mol. The molecule has 0 saturated heterocycles. The van der Waals surface area contributed by atoms with Gasteiger partial charge >= 0.3 is 0 Å². The Morgan fingerprint density at radius 1 is 1.64 bits per heavy atom. The molecule has 0 fully saturated rings. The third-order valence-electron chi connectivity index (χ3n) is 1.28. The van der Waals surface area contributed by atoms with Gasteiger partial charge in [0.15, 0.2) is 4.45 Å². The fourth-order valence-electron chi connectivity index (χ4n) is 0.410. The van der Waals surface area contributed by atoms with E-state index in [2.05, 4.69) is 21.1 Å². The first kappa shape index (κ1) is 10.6. The fraction of sp³-hybridized carbons (Fsp3) is 0.500. The van der Waals surface area contributed by atoms with Gasteiger partial charge in [-0.3, -0.25) is 0 Å². The van der Waals surface area contributed by atoms with Crippen molar-refractivity contribution in [3.63, 3.8) is 0 Å². The van der Waals surface area contributed by atoms with Gasteiger partial charge in [-0.15, -0.1) is 4.91 Å². The highest BCUT2D eigenvalue weighted by atomic mass is 79.9. The number of rotatable bonds is 3. The lowest BCUT2D eigenvalue weighted by molar-refractivity contribution is 0.858. The third kappa shape index (κ3) is 4.90. The number of halogens is 1. The van der Waals surface area contributed by atoms with Gasteiger partial charge in [0.1, 0.15) is 0 Å². The van der Waals surface area contributed by atoms with E-state index in [1.54, 1.807) is 13.0 Å². The zero-order valence-corrected chi connectivity index (χ0v) is 8.55. The summed E-state index contributed by atoms with van der Waals surface area (Å²) < 4.78 is -0.767. The van der Waals surface area contributed by atoms with E-state index < -0.39 is 4.45 Å². The van der Waals surface area contributed by atoms with Crippen molar-refractivity contribution in [2.75, 3.05) is 0 Å². The molecule has 0 heterocycles. The van der Waals surface area contributed by atoms with Crippen LogP contribution in [-0.4, -0.2) is 4.45 Å². The second-order valence-electron chi connectivity index (χ2n) is 2.48. The van der Waals surface area contributed by atoms with Gasteiger partial charge in [-0.05, 0) is 32.0 Å². The molecule has 0 saturated carbocycles. The summed E-state index contributed by atoms with van der Waals surface area (Å²) in [4.78, 5) is 10.2. The van der Waals surface area contributed by atoms with E-state index in [1.165, 1.54) is 0 Å². The SMILES string of the molecule is C/C=C(C)\C=C/C(C)(Br)N=O. The maximum atomic E-state index is 10.2. The van der Waals surface area contributed by atoms with Gasteiger partial charge in [-0.1, -0.05) is 33.7 Å². The van der Waals surface area contributed by atoms with E-state index in [1.807, 2.05) is 26.0 Å². The molecule has 11 heavy (non-hydrogen) atoms. The second-order valence-corrected chi connectivity index (χ2v) is 4.09. The molecule has 0 aromatic rings. The van der Waals surface area contributed by atoms with Crippen molar-refractivity contribution in [2.45, 2.75) is 25.2 Å². The first-order valence-electron chi connectivity index (χ1n) is 3.37. The molecule has 1 unspecified atom stereocenters. The molecule has 0 aliphatic heterocycles. The minimum atomic E-state index is -0.767. The van der Waals surface area contributed by atoms with E-state index in [4.69, 9.17) is 0 Å². The molecule has 0 spiro atoms. The summed E-state index contributed by atoms with van der Waals surface area (Å²) in [6.45, 7) is 5.60. The number of hydrogen-bond donors (Lipinski definition) is 0. The van der Waals surface area contributed by atoms with Crippen LogP contribution in [0, 0.1) is 4.91 Å². The van der Waals surface area contributed by atoms with Crippen LogP contribution in [0.1, 0.15) is 20.8 Å². The summed E-state index contributed by atoms with van der Waals surface area (Å²) in [5.74, 6) is 0. The van der Waals surface area contributed by atoms with Gasteiger partial charge in [0.25, 0.3) is 0 Å². The number of allylic oxidation sites excluding steroid dienone is 3. The van der Waals surface area contributed by atoms with Gasteiger partial charge < -0.3 is 0 Å². The Balaban J connectivity index is 4.23. The van der Waals surface area contributed by atoms with E-state index in [9.17, 15) is 4.91 Å². The Morgan fingerprint density at radius 3 is 2.55 bits per heavy atom. The van der Waals surface area contributed by atoms with Crippen LogP contribution in [0.25, 0.3) is 0 Å². The molecular weight excluding hydrogens is 206 g/mol. The predicted molar refractivity (Wildman–Crippen MR) is 51.7 cm³/mol. The van der Waals surface area contributed by atoms with Crippen LogP contribution in [-0.2, 0) is 0 Å². The smallest absolute Gasteiger partial charge is 0.149 e. The maximum Gasteiger partial charge on any atom is 0.172 e. The molecular formula is C8H12BrNO. The summed E-state index contributed by atoms with van der Waals surface area (Å²) >= 11 is 3.15. The van der Waals surface area contributed by atoms with Crippen LogP contribution >= 0.6 is 15.9 Å². The highest BCUT2D eigenvalue weighted by Crippen LogP contribution is 2.20. The van der Waals surface area contributed by atoms with Crippen molar-refractivity contribution in [1.29, 1.82) is 0 Å². The van der Waals surface area contributed by atoms with Crippen molar-refractivity contribution in [2.24, 2.45) is 5.18 Å². The predicted octanol–water partition coefficient (Wildman–Crippen LogP) is 3.39. The van der Waals surface area contributed by atoms with Gasteiger partial charge in [0.05, 0.1) is 0 Å². The highest BCUT2D eigenvalue weighted by Gasteiger charge is 2.14. The molecule has 0 aliphatic carbocycles. The van der Waals surface area contributed by atoms with Crippen molar-refractivity contribution in [1.82, 2.24) is 0 Å². The first-order chi connectivity index (χ1) is 5.02. The fourth-order valence-corrected chi connectivity index (χ4v) is 0.542. The zero-order valence-electron chi connectivity index (χ0n) is 6.97. The molecule has 0 radical (unpaired) electrons. The average molecular weight is 218 g/mol. The van der Waals surface area contributed by atoms with Gasteiger partial charge in [-0.2, -0.15) is 0 Å². The summed E-state index contributed by atoms with van der Waals surface area (Å²) in [5.41, 5.74) is 1.11. The lowest BCUT2D eigenvalue weighted by Crippen LogP contribution is -2.04. The van der Waals surface area contributed by atoms with E-state index in [0.717, 1.165) is 5.57 Å². The van der Waals surface area contributed by atoms with E-state index >= 15 is 0 Å². The largest absolute Gasteiger partial charge is 0.172 e. The van der Waals surface area contributed by atoms with Crippen molar-refractivity contribution < 1.29 is 0 Å². The summed E-state index contributed by atoms with van der Waals surface area (Å²) in [6.07, 6.45) is 5.54. The molecule has 0 aromatic heterocycles. The van der Waals surface area contributed by atoms with Gasteiger partial charge in [0.2, 0.25) is 0 Å². The van der Waals surface area contributed by atoms with Crippen LogP contribution in [0.2, 0.25) is 0 Å². The Bertz CT molecular complexity index is 194. The minimum Gasteiger partial charge on any atom is -0.149 e.